The second-order valence-corrected chi connectivity index (χ2v) is 6.77. The van der Waals surface area contributed by atoms with Crippen molar-refractivity contribution in [3.05, 3.63) is 23.8 Å². The normalized spacial score (nSPS) is 28.3. The van der Waals surface area contributed by atoms with Crippen LogP contribution in [0, 0.1) is 5.92 Å². The standard InChI is InChI=1S/C18H21NO5/c20-17(12-5-6-15-16(10-12)24-8-7-23-15)19-13-4-2-1-3-11(13)9-14(19)18(21)22/h5-6,10-11,13-14H,1-4,7-9H2,(H,21,22)/t11-,13-,14+/m1/s1. The molecule has 0 aromatic heterocycles. The van der Waals surface area contributed by atoms with Crippen LogP contribution in [0.1, 0.15) is 42.5 Å². The largest absolute Gasteiger partial charge is 0.486 e. The Morgan fingerprint density at radius 3 is 2.62 bits per heavy atom. The summed E-state index contributed by atoms with van der Waals surface area (Å²) >= 11 is 0. The van der Waals surface area contributed by atoms with Crippen LogP contribution in [0.5, 0.6) is 11.5 Å². The lowest BCUT2D eigenvalue weighted by atomic mass is 9.84. The summed E-state index contributed by atoms with van der Waals surface area (Å²) in [7, 11) is 0. The summed E-state index contributed by atoms with van der Waals surface area (Å²) in [6, 6.07) is 4.42. The maximum atomic E-state index is 13.1. The van der Waals surface area contributed by atoms with E-state index in [1.165, 1.54) is 0 Å². The number of likely N-dealkylation sites (tertiary alicyclic amines) is 1. The van der Waals surface area contributed by atoms with Gasteiger partial charge in [-0.3, -0.25) is 4.79 Å². The molecule has 1 N–H and O–H groups in total. The predicted octanol–water partition coefficient (Wildman–Crippen LogP) is 2.32. The van der Waals surface area contributed by atoms with Crippen LogP contribution in [0.25, 0.3) is 0 Å². The molecule has 1 aliphatic carbocycles. The van der Waals surface area contributed by atoms with E-state index in [1.807, 2.05) is 0 Å². The molecule has 1 aromatic rings. The van der Waals surface area contributed by atoms with Crippen molar-refractivity contribution in [2.24, 2.45) is 5.92 Å². The Morgan fingerprint density at radius 2 is 1.83 bits per heavy atom. The molecule has 1 amide bonds. The van der Waals surface area contributed by atoms with E-state index in [-0.39, 0.29) is 11.9 Å². The third kappa shape index (κ3) is 2.50. The number of hydrogen-bond acceptors (Lipinski definition) is 4. The van der Waals surface area contributed by atoms with Crippen LogP contribution < -0.4 is 9.47 Å². The average molecular weight is 331 g/mol. The monoisotopic (exact) mass is 331 g/mol. The molecule has 0 spiro atoms. The van der Waals surface area contributed by atoms with Gasteiger partial charge in [-0.2, -0.15) is 0 Å². The number of amides is 1. The molecule has 6 heteroatoms. The molecular weight excluding hydrogens is 310 g/mol. The Balaban J connectivity index is 1.65. The second kappa shape index (κ2) is 6.00. The molecule has 1 aromatic carbocycles. The SMILES string of the molecule is O=C(O)[C@@H]1C[C@H]2CCCC[C@H]2N1C(=O)c1ccc2c(c1)OCCO2. The van der Waals surface area contributed by atoms with Crippen LogP contribution in [0.3, 0.4) is 0 Å². The van der Waals surface area contributed by atoms with Gasteiger partial charge in [-0.15, -0.1) is 0 Å². The van der Waals surface area contributed by atoms with E-state index in [0.29, 0.717) is 42.6 Å². The molecule has 6 nitrogen and oxygen atoms in total. The van der Waals surface area contributed by atoms with Gasteiger partial charge >= 0.3 is 5.97 Å². The molecule has 4 rings (SSSR count). The van der Waals surface area contributed by atoms with Crippen molar-refractivity contribution in [1.82, 2.24) is 4.90 Å². The van der Waals surface area contributed by atoms with Gasteiger partial charge in [0.2, 0.25) is 0 Å². The van der Waals surface area contributed by atoms with Gasteiger partial charge in [-0.25, -0.2) is 4.79 Å². The summed E-state index contributed by atoms with van der Waals surface area (Å²) in [6.45, 7) is 0.952. The van der Waals surface area contributed by atoms with Crippen LogP contribution in [0.15, 0.2) is 18.2 Å². The van der Waals surface area contributed by atoms with E-state index in [9.17, 15) is 14.7 Å². The highest BCUT2D eigenvalue weighted by molar-refractivity contribution is 5.98. The molecule has 0 radical (unpaired) electrons. The van der Waals surface area contributed by atoms with Crippen LogP contribution in [-0.4, -0.2) is 47.2 Å². The van der Waals surface area contributed by atoms with E-state index in [2.05, 4.69) is 0 Å². The Morgan fingerprint density at radius 1 is 1.08 bits per heavy atom. The number of fused-ring (bicyclic) bond motifs is 2. The number of rotatable bonds is 2. The number of hydrogen-bond donors (Lipinski definition) is 1. The number of nitrogens with zero attached hydrogens (tertiary/aromatic N) is 1. The van der Waals surface area contributed by atoms with Gasteiger partial charge in [0.1, 0.15) is 19.3 Å². The molecule has 2 heterocycles. The van der Waals surface area contributed by atoms with Gasteiger partial charge in [-0.05, 0) is 43.4 Å². The topological polar surface area (TPSA) is 76.1 Å². The molecule has 128 valence electrons. The number of carbonyl (C=O) groups excluding carboxylic acids is 1. The summed E-state index contributed by atoms with van der Waals surface area (Å²) < 4.78 is 11.0. The summed E-state index contributed by atoms with van der Waals surface area (Å²) in [5.74, 6) is 0.369. The van der Waals surface area contributed by atoms with Gasteiger partial charge in [-0.1, -0.05) is 12.8 Å². The molecular formula is C18H21NO5. The van der Waals surface area contributed by atoms with Crippen molar-refractivity contribution in [3.63, 3.8) is 0 Å². The minimum atomic E-state index is -0.907. The van der Waals surface area contributed by atoms with Crippen molar-refractivity contribution in [2.45, 2.75) is 44.2 Å². The van der Waals surface area contributed by atoms with Gasteiger partial charge in [0.15, 0.2) is 11.5 Å². The molecule has 3 atom stereocenters. The van der Waals surface area contributed by atoms with E-state index in [1.54, 1.807) is 23.1 Å². The van der Waals surface area contributed by atoms with Crippen molar-refractivity contribution in [1.29, 1.82) is 0 Å². The molecule has 1 saturated heterocycles. The number of ether oxygens (including phenoxy) is 2. The molecule has 2 aliphatic heterocycles. The van der Waals surface area contributed by atoms with E-state index in [4.69, 9.17) is 9.47 Å². The first-order valence-corrected chi connectivity index (χ1v) is 8.60. The number of carbonyl (C=O) groups is 2. The lowest BCUT2D eigenvalue weighted by Gasteiger charge is -2.33. The van der Waals surface area contributed by atoms with Gasteiger partial charge in [0, 0.05) is 11.6 Å². The first-order chi connectivity index (χ1) is 11.6. The highest BCUT2D eigenvalue weighted by atomic mass is 16.6. The lowest BCUT2D eigenvalue weighted by molar-refractivity contribution is -0.141. The van der Waals surface area contributed by atoms with Crippen molar-refractivity contribution in [2.75, 3.05) is 13.2 Å². The molecule has 3 aliphatic rings. The Bertz CT molecular complexity index is 673. The zero-order valence-corrected chi connectivity index (χ0v) is 13.4. The highest BCUT2D eigenvalue weighted by Crippen LogP contribution is 2.41. The highest BCUT2D eigenvalue weighted by Gasteiger charge is 2.47. The third-order valence-corrected chi connectivity index (χ3v) is 5.40. The fourth-order valence-electron chi connectivity index (χ4n) is 4.30. The molecule has 2 fully saturated rings. The zero-order valence-electron chi connectivity index (χ0n) is 13.4. The zero-order chi connectivity index (χ0) is 16.7. The predicted molar refractivity (Wildman–Crippen MR) is 85.4 cm³/mol. The molecule has 24 heavy (non-hydrogen) atoms. The van der Waals surface area contributed by atoms with E-state index < -0.39 is 12.0 Å². The minimum absolute atomic E-state index is 0.0422. The summed E-state index contributed by atoms with van der Waals surface area (Å²) in [4.78, 5) is 26.4. The quantitative estimate of drug-likeness (QED) is 0.900. The molecule has 1 saturated carbocycles. The Labute approximate surface area is 140 Å². The number of aliphatic carboxylic acids is 1. The van der Waals surface area contributed by atoms with Crippen molar-refractivity contribution in [3.8, 4) is 11.5 Å². The van der Waals surface area contributed by atoms with Crippen molar-refractivity contribution >= 4 is 11.9 Å². The lowest BCUT2D eigenvalue weighted by Crippen LogP contribution is -2.46. The van der Waals surface area contributed by atoms with Crippen LogP contribution in [0.2, 0.25) is 0 Å². The second-order valence-electron chi connectivity index (χ2n) is 6.77. The Kier molecular flexibility index (Phi) is 3.82. The number of carboxylic acids is 1. The van der Waals surface area contributed by atoms with Crippen molar-refractivity contribution < 1.29 is 24.2 Å². The summed E-state index contributed by atoms with van der Waals surface area (Å²) in [6.07, 6.45) is 4.65. The first kappa shape index (κ1) is 15.3. The smallest absolute Gasteiger partial charge is 0.326 e. The van der Waals surface area contributed by atoms with Crippen LogP contribution >= 0.6 is 0 Å². The maximum Gasteiger partial charge on any atom is 0.326 e. The van der Waals surface area contributed by atoms with E-state index in [0.717, 1.165) is 25.7 Å². The fourth-order valence-corrected chi connectivity index (χ4v) is 4.30. The summed E-state index contributed by atoms with van der Waals surface area (Å²) in [5, 5.41) is 9.58. The average Bonchev–Trinajstić information content (AvgIpc) is 3.00. The minimum Gasteiger partial charge on any atom is -0.486 e. The fraction of sp³-hybridized carbons (Fsp3) is 0.556. The van der Waals surface area contributed by atoms with E-state index >= 15 is 0 Å². The van der Waals surface area contributed by atoms with Gasteiger partial charge in [0.05, 0.1) is 0 Å². The summed E-state index contributed by atoms with van der Waals surface area (Å²) in [5.41, 5.74) is 0.469. The molecule has 0 bridgehead atoms. The Hall–Kier alpha value is -2.24. The van der Waals surface area contributed by atoms with Crippen LogP contribution in [0.4, 0.5) is 0 Å². The number of carboxylic acid groups (broad SMARTS) is 1. The van der Waals surface area contributed by atoms with Gasteiger partial charge < -0.3 is 19.5 Å². The third-order valence-electron chi connectivity index (χ3n) is 5.40. The number of benzene rings is 1. The first-order valence-electron chi connectivity index (χ1n) is 8.60. The maximum absolute atomic E-state index is 13.1. The van der Waals surface area contributed by atoms with Crippen LogP contribution in [-0.2, 0) is 4.79 Å². The molecule has 0 unspecified atom stereocenters. The van der Waals surface area contributed by atoms with Gasteiger partial charge in [0.25, 0.3) is 5.91 Å².